The molecular formula is C19H20N2O3. The van der Waals surface area contributed by atoms with Crippen molar-refractivity contribution in [3.63, 3.8) is 0 Å². The molecule has 1 amide bonds. The lowest BCUT2D eigenvalue weighted by Gasteiger charge is -2.09. The maximum absolute atomic E-state index is 12.1. The van der Waals surface area contributed by atoms with E-state index in [1.165, 1.54) is 0 Å². The third-order valence-electron chi connectivity index (χ3n) is 3.87. The molecule has 0 saturated carbocycles. The van der Waals surface area contributed by atoms with Crippen LogP contribution in [0.25, 0.3) is 11.1 Å². The van der Waals surface area contributed by atoms with Gasteiger partial charge in [-0.05, 0) is 30.2 Å². The Morgan fingerprint density at radius 3 is 2.92 bits per heavy atom. The number of hydrogen-bond acceptors (Lipinski definition) is 4. The number of carbonyl (C=O) groups excluding carboxylic acids is 1. The number of para-hydroxylation sites is 1. The van der Waals surface area contributed by atoms with E-state index in [0.717, 1.165) is 28.0 Å². The van der Waals surface area contributed by atoms with Crippen LogP contribution >= 0.6 is 0 Å². The third kappa shape index (κ3) is 3.74. The summed E-state index contributed by atoms with van der Waals surface area (Å²) < 4.78 is 10.7. The molecule has 5 nitrogen and oxygen atoms in total. The van der Waals surface area contributed by atoms with E-state index in [0.29, 0.717) is 25.3 Å². The third-order valence-corrected chi connectivity index (χ3v) is 3.87. The summed E-state index contributed by atoms with van der Waals surface area (Å²) >= 11 is 0. The van der Waals surface area contributed by atoms with Crippen LogP contribution in [0.4, 0.5) is 0 Å². The Morgan fingerprint density at radius 1 is 1.25 bits per heavy atom. The fourth-order valence-corrected chi connectivity index (χ4v) is 2.63. The van der Waals surface area contributed by atoms with Crippen molar-refractivity contribution in [2.24, 2.45) is 0 Å². The van der Waals surface area contributed by atoms with Crippen LogP contribution in [0.2, 0.25) is 0 Å². The van der Waals surface area contributed by atoms with Crippen molar-refractivity contribution in [1.29, 1.82) is 0 Å². The zero-order valence-electron chi connectivity index (χ0n) is 13.8. The zero-order chi connectivity index (χ0) is 16.9. The number of rotatable bonds is 6. The van der Waals surface area contributed by atoms with E-state index >= 15 is 0 Å². The SMILES string of the molecule is COc1ccccc1CNC(=O)CCc1ccc2oc(C)nc2c1. The van der Waals surface area contributed by atoms with Gasteiger partial charge in [0.05, 0.1) is 7.11 Å². The minimum Gasteiger partial charge on any atom is -0.496 e. The molecule has 1 N–H and O–H groups in total. The summed E-state index contributed by atoms with van der Waals surface area (Å²) in [6.45, 7) is 2.29. The second-order valence-electron chi connectivity index (χ2n) is 5.62. The predicted molar refractivity (Wildman–Crippen MR) is 91.9 cm³/mol. The van der Waals surface area contributed by atoms with Crippen LogP contribution in [-0.4, -0.2) is 18.0 Å². The van der Waals surface area contributed by atoms with Gasteiger partial charge in [0, 0.05) is 25.5 Å². The Hall–Kier alpha value is -2.82. The van der Waals surface area contributed by atoms with Gasteiger partial charge in [0.25, 0.3) is 0 Å². The molecular weight excluding hydrogens is 304 g/mol. The van der Waals surface area contributed by atoms with Crippen molar-refractivity contribution in [2.75, 3.05) is 7.11 Å². The first-order valence-corrected chi connectivity index (χ1v) is 7.90. The number of aryl methyl sites for hydroxylation is 2. The number of oxazole rings is 1. The molecule has 0 radical (unpaired) electrons. The number of benzene rings is 2. The van der Waals surface area contributed by atoms with Crippen molar-refractivity contribution < 1.29 is 13.9 Å². The number of methoxy groups -OCH3 is 1. The molecule has 0 bridgehead atoms. The molecule has 3 aromatic rings. The van der Waals surface area contributed by atoms with Gasteiger partial charge >= 0.3 is 0 Å². The van der Waals surface area contributed by atoms with Crippen molar-refractivity contribution in [3.8, 4) is 5.75 Å². The normalized spacial score (nSPS) is 10.8. The molecule has 0 saturated heterocycles. The first kappa shape index (κ1) is 16.1. The van der Waals surface area contributed by atoms with Gasteiger partial charge in [-0.2, -0.15) is 0 Å². The molecule has 0 atom stereocenters. The van der Waals surface area contributed by atoms with E-state index in [4.69, 9.17) is 9.15 Å². The number of carbonyl (C=O) groups is 1. The van der Waals surface area contributed by atoms with E-state index in [1.54, 1.807) is 7.11 Å². The van der Waals surface area contributed by atoms with Crippen LogP contribution in [0.1, 0.15) is 23.4 Å². The lowest BCUT2D eigenvalue weighted by atomic mass is 10.1. The summed E-state index contributed by atoms with van der Waals surface area (Å²) in [5.74, 6) is 1.44. The number of aromatic nitrogens is 1. The molecule has 0 unspecified atom stereocenters. The van der Waals surface area contributed by atoms with Gasteiger partial charge in [0.1, 0.15) is 11.3 Å². The minimum atomic E-state index is 0.0114. The number of ether oxygens (including phenoxy) is 1. The average Bonchev–Trinajstić information content (AvgIpc) is 2.97. The second kappa shape index (κ2) is 7.17. The van der Waals surface area contributed by atoms with Gasteiger partial charge in [0.2, 0.25) is 5.91 Å². The van der Waals surface area contributed by atoms with Crippen LogP contribution < -0.4 is 10.1 Å². The largest absolute Gasteiger partial charge is 0.496 e. The van der Waals surface area contributed by atoms with Gasteiger partial charge in [-0.25, -0.2) is 4.98 Å². The van der Waals surface area contributed by atoms with E-state index in [9.17, 15) is 4.79 Å². The standard InChI is InChI=1S/C19H20N2O3/c1-13-21-16-11-14(7-9-18(16)24-13)8-10-19(22)20-12-15-5-3-4-6-17(15)23-2/h3-7,9,11H,8,10,12H2,1-2H3,(H,20,22). The Labute approximate surface area is 140 Å². The Kier molecular flexibility index (Phi) is 4.79. The van der Waals surface area contributed by atoms with Crippen molar-refractivity contribution in [1.82, 2.24) is 10.3 Å². The van der Waals surface area contributed by atoms with Crippen LogP contribution in [0.3, 0.4) is 0 Å². The minimum absolute atomic E-state index is 0.0114. The molecule has 0 spiro atoms. The number of hydrogen-bond donors (Lipinski definition) is 1. The lowest BCUT2D eigenvalue weighted by molar-refractivity contribution is -0.121. The van der Waals surface area contributed by atoms with Gasteiger partial charge in [-0.15, -0.1) is 0 Å². The number of fused-ring (bicyclic) bond motifs is 1. The predicted octanol–water partition coefficient (Wildman–Crippen LogP) is 3.39. The fraction of sp³-hybridized carbons (Fsp3) is 0.263. The molecule has 1 aromatic heterocycles. The molecule has 0 aliphatic heterocycles. The highest BCUT2D eigenvalue weighted by molar-refractivity contribution is 5.77. The molecule has 1 heterocycles. The molecule has 2 aromatic carbocycles. The Balaban J connectivity index is 1.54. The number of nitrogens with one attached hydrogen (secondary N) is 1. The highest BCUT2D eigenvalue weighted by Gasteiger charge is 2.07. The summed E-state index contributed by atoms with van der Waals surface area (Å²) in [7, 11) is 1.63. The van der Waals surface area contributed by atoms with Crippen LogP contribution in [0.15, 0.2) is 46.9 Å². The van der Waals surface area contributed by atoms with Crippen LogP contribution in [-0.2, 0) is 17.8 Å². The highest BCUT2D eigenvalue weighted by Crippen LogP contribution is 2.18. The van der Waals surface area contributed by atoms with Crippen molar-refractivity contribution >= 4 is 17.0 Å². The van der Waals surface area contributed by atoms with E-state index < -0.39 is 0 Å². The topological polar surface area (TPSA) is 64.4 Å². The monoisotopic (exact) mass is 324 g/mol. The summed E-state index contributed by atoms with van der Waals surface area (Å²) in [6.07, 6.45) is 1.09. The summed E-state index contributed by atoms with van der Waals surface area (Å²) in [6, 6.07) is 13.5. The van der Waals surface area contributed by atoms with Crippen molar-refractivity contribution in [2.45, 2.75) is 26.3 Å². The highest BCUT2D eigenvalue weighted by atomic mass is 16.5. The maximum atomic E-state index is 12.1. The molecule has 3 rings (SSSR count). The van der Waals surface area contributed by atoms with E-state index in [-0.39, 0.29) is 5.91 Å². The summed E-state index contributed by atoms with van der Waals surface area (Å²) in [5.41, 5.74) is 3.65. The zero-order valence-corrected chi connectivity index (χ0v) is 13.8. The Bertz CT molecular complexity index is 855. The molecule has 0 aliphatic carbocycles. The van der Waals surface area contributed by atoms with Crippen LogP contribution in [0, 0.1) is 6.92 Å². The van der Waals surface area contributed by atoms with Gasteiger partial charge in [-0.3, -0.25) is 4.79 Å². The molecule has 5 heteroatoms. The molecule has 0 aliphatic rings. The molecule has 24 heavy (non-hydrogen) atoms. The Morgan fingerprint density at radius 2 is 2.08 bits per heavy atom. The van der Waals surface area contributed by atoms with E-state index in [1.807, 2.05) is 49.4 Å². The maximum Gasteiger partial charge on any atom is 0.220 e. The first-order valence-electron chi connectivity index (χ1n) is 7.90. The number of amides is 1. The first-order chi connectivity index (χ1) is 11.7. The smallest absolute Gasteiger partial charge is 0.220 e. The summed E-state index contributed by atoms with van der Waals surface area (Å²) in [5, 5.41) is 2.93. The fourth-order valence-electron chi connectivity index (χ4n) is 2.63. The van der Waals surface area contributed by atoms with Crippen molar-refractivity contribution in [3.05, 3.63) is 59.5 Å². The summed E-state index contributed by atoms with van der Waals surface area (Å²) in [4.78, 5) is 16.4. The lowest BCUT2D eigenvalue weighted by Crippen LogP contribution is -2.23. The second-order valence-corrected chi connectivity index (χ2v) is 5.62. The van der Waals surface area contributed by atoms with Crippen LogP contribution in [0.5, 0.6) is 5.75 Å². The molecule has 124 valence electrons. The van der Waals surface area contributed by atoms with Gasteiger partial charge in [0.15, 0.2) is 11.5 Å². The number of nitrogens with zero attached hydrogens (tertiary/aromatic N) is 1. The molecule has 0 fully saturated rings. The quantitative estimate of drug-likeness (QED) is 0.755. The van der Waals surface area contributed by atoms with E-state index in [2.05, 4.69) is 10.3 Å². The average molecular weight is 324 g/mol. The van der Waals surface area contributed by atoms with Gasteiger partial charge < -0.3 is 14.5 Å². The van der Waals surface area contributed by atoms with Gasteiger partial charge in [-0.1, -0.05) is 24.3 Å².